The minimum atomic E-state index is -4.40. The van der Waals surface area contributed by atoms with E-state index in [0.29, 0.717) is 0 Å². The summed E-state index contributed by atoms with van der Waals surface area (Å²) >= 11 is 0. The van der Waals surface area contributed by atoms with Crippen LogP contribution in [0.5, 0.6) is 0 Å². The summed E-state index contributed by atoms with van der Waals surface area (Å²) in [5, 5.41) is 1.88. The first-order chi connectivity index (χ1) is 9.45. The van der Waals surface area contributed by atoms with Crippen molar-refractivity contribution in [2.45, 2.75) is 44.4 Å². The van der Waals surface area contributed by atoms with Gasteiger partial charge in [0.1, 0.15) is 10.1 Å². The van der Waals surface area contributed by atoms with Gasteiger partial charge in [0.05, 0.1) is 4.90 Å². The van der Waals surface area contributed by atoms with Crippen molar-refractivity contribution in [3.63, 3.8) is 0 Å². The molecule has 108 valence electrons. The zero-order valence-electron chi connectivity index (χ0n) is 12.8. The summed E-state index contributed by atoms with van der Waals surface area (Å²) in [5.74, 6) is 0. The molecule has 5 heteroatoms. The van der Waals surface area contributed by atoms with Crippen molar-refractivity contribution in [1.82, 2.24) is 0 Å². The molecule has 0 aliphatic carbocycles. The molecule has 0 fully saturated rings. The van der Waals surface area contributed by atoms with Crippen molar-refractivity contribution >= 4 is 20.9 Å². The van der Waals surface area contributed by atoms with Gasteiger partial charge in [-0.1, -0.05) is 44.9 Å². The molecule has 0 saturated carbocycles. The molecule has 0 unspecified atom stereocenters. The van der Waals surface area contributed by atoms with Crippen LogP contribution < -0.4 is 29.6 Å². The Balaban J connectivity index is 0.00000220. The average Bonchev–Trinajstić information content (AvgIpc) is 2.38. The minimum absolute atomic E-state index is 0. The molecule has 0 saturated heterocycles. The number of fused-ring (bicyclic) bond motifs is 1. The third kappa shape index (κ3) is 4.54. The van der Waals surface area contributed by atoms with Gasteiger partial charge in [-0.3, -0.25) is 0 Å². The van der Waals surface area contributed by atoms with E-state index >= 15 is 0 Å². The molecule has 0 spiro atoms. The fourth-order valence-electron chi connectivity index (χ4n) is 2.55. The topological polar surface area (TPSA) is 57.2 Å². The van der Waals surface area contributed by atoms with E-state index in [-0.39, 0.29) is 34.5 Å². The molecular weight excluding hydrogens is 295 g/mol. The van der Waals surface area contributed by atoms with Gasteiger partial charge >= 0.3 is 29.6 Å². The van der Waals surface area contributed by atoms with Crippen LogP contribution in [0.2, 0.25) is 0 Å². The number of benzene rings is 2. The Labute approximate surface area is 148 Å². The van der Waals surface area contributed by atoms with Crippen LogP contribution in [-0.2, 0) is 23.0 Å². The van der Waals surface area contributed by atoms with Crippen LogP contribution in [0.15, 0.2) is 35.2 Å². The van der Waals surface area contributed by atoms with E-state index < -0.39 is 10.1 Å². The molecule has 2 rings (SSSR count). The van der Waals surface area contributed by atoms with Gasteiger partial charge in [0.15, 0.2) is 0 Å². The summed E-state index contributed by atoms with van der Waals surface area (Å²) in [6, 6.07) is 8.86. The summed E-state index contributed by atoms with van der Waals surface area (Å²) in [5.41, 5.74) is 2.39. The van der Waals surface area contributed by atoms with E-state index in [1.54, 1.807) is 6.07 Å². The Bertz CT molecular complexity index is 724. The second-order valence-corrected chi connectivity index (χ2v) is 6.47. The second-order valence-electron chi connectivity index (χ2n) is 5.09. The Morgan fingerprint density at radius 2 is 1.67 bits per heavy atom. The van der Waals surface area contributed by atoms with Crippen molar-refractivity contribution in [1.29, 1.82) is 0 Å². The van der Waals surface area contributed by atoms with Gasteiger partial charge in [0.25, 0.3) is 0 Å². The molecule has 0 bridgehead atoms. The Morgan fingerprint density at radius 3 is 2.24 bits per heavy atom. The molecule has 0 aromatic heterocycles. The van der Waals surface area contributed by atoms with E-state index in [2.05, 4.69) is 26.0 Å². The van der Waals surface area contributed by atoms with Crippen LogP contribution >= 0.6 is 0 Å². The standard InChI is InChI=1S/C16H20O3S.Na/c1-3-5-12-9-13(6-4-2)16-11-15(20(17,18)19)8-7-14(16)10-12;/h7-11H,3-6H2,1-2H3,(H,17,18,19);/q;+1/p-1. The molecule has 3 nitrogen and oxygen atoms in total. The summed E-state index contributed by atoms with van der Waals surface area (Å²) in [7, 11) is -4.40. The van der Waals surface area contributed by atoms with Crippen LogP contribution in [-0.4, -0.2) is 13.0 Å². The predicted molar refractivity (Wildman–Crippen MR) is 79.9 cm³/mol. The van der Waals surface area contributed by atoms with E-state index in [9.17, 15) is 13.0 Å². The predicted octanol–water partition coefficient (Wildman–Crippen LogP) is 0.653. The first-order valence-corrected chi connectivity index (χ1v) is 8.38. The third-order valence-corrected chi connectivity index (χ3v) is 4.25. The molecule has 0 aliphatic rings. The number of rotatable bonds is 5. The van der Waals surface area contributed by atoms with Gasteiger partial charge in [-0.25, -0.2) is 8.42 Å². The minimum Gasteiger partial charge on any atom is -0.744 e. The van der Waals surface area contributed by atoms with Gasteiger partial charge < -0.3 is 4.55 Å². The van der Waals surface area contributed by atoms with E-state index in [1.165, 1.54) is 17.7 Å². The third-order valence-electron chi connectivity index (χ3n) is 3.42. The number of hydrogen-bond acceptors (Lipinski definition) is 3. The van der Waals surface area contributed by atoms with Crippen LogP contribution in [0, 0.1) is 0 Å². The quantitative estimate of drug-likeness (QED) is 0.601. The molecule has 2 aromatic rings. The monoisotopic (exact) mass is 314 g/mol. The zero-order chi connectivity index (χ0) is 14.8. The summed E-state index contributed by atoms with van der Waals surface area (Å²) in [4.78, 5) is -0.148. The molecule has 21 heavy (non-hydrogen) atoms. The summed E-state index contributed by atoms with van der Waals surface area (Å²) < 4.78 is 33.5. The van der Waals surface area contributed by atoms with Gasteiger partial charge in [0.2, 0.25) is 0 Å². The number of aryl methyl sites for hydroxylation is 2. The van der Waals surface area contributed by atoms with Crippen LogP contribution in [0.1, 0.15) is 37.8 Å². The molecule has 0 N–H and O–H groups in total. The van der Waals surface area contributed by atoms with Gasteiger partial charge in [-0.2, -0.15) is 0 Å². The van der Waals surface area contributed by atoms with Gasteiger partial charge in [-0.05, 0) is 46.9 Å². The zero-order valence-corrected chi connectivity index (χ0v) is 15.7. The smallest absolute Gasteiger partial charge is 0.744 e. The summed E-state index contributed by atoms with van der Waals surface area (Å²) in [6.07, 6.45) is 3.95. The Hall–Kier alpha value is -0.390. The van der Waals surface area contributed by atoms with Crippen molar-refractivity contribution in [2.24, 2.45) is 0 Å². The van der Waals surface area contributed by atoms with Crippen molar-refractivity contribution in [2.75, 3.05) is 0 Å². The normalized spacial score (nSPS) is 11.4. The molecular formula is C16H19NaO3S. The molecule has 0 atom stereocenters. The molecule has 0 aliphatic heterocycles. The second kappa shape index (κ2) is 7.75. The van der Waals surface area contributed by atoms with E-state index in [4.69, 9.17) is 0 Å². The van der Waals surface area contributed by atoms with E-state index in [1.807, 2.05) is 0 Å². The largest absolute Gasteiger partial charge is 1.00 e. The average molecular weight is 314 g/mol. The van der Waals surface area contributed by atoms with Crippen molar-refractivity contribution < 1.29 is 42.5 Å². The summed E-state index contributed by atoms with van der Waals surface area (Å²) in [6.45, 7) is 4.23. The maximum Gasteiger partial charge on any atom is 1.00 e. The van der Waals surface area contributed by atoms with Gasteiger partial charge in [0, 0.05) is 0 Å². The van der Waals surface area contributed by atoms with Crippen LogP contribution in [0.3, 0.4) is 0 Å². The first kappa shape index (κ1) is 18.7. The van der Waals surface area contributed by atoms with Crippen LogP contribution in [0.25, 0.3) is 10.8 Å². The fourth-order valence-corrected chi connectivity index (χ4v) is 3.04. The Kier molecular flexibility index (Phi) is 6.88. The van der Waals surface area contributed by atoms with E-state index in [0.717, 1.165) is 42.0 Å². The molecule has 0 radical (unpaired) electrons. The van der Waals surface area contributed by atoms with Crippen molar-refractivity contribution in [3.05, 3.63) is 41.5 Å². The first-order valence-electron chi connectivity index (χ1n) is 6.97. The van der Waals surface area contributed by atoms with Crippen LogP contribution in [0.4, 0.5) is 0 Å². The van der Waals surface area contributed by atoms with Crippen molar-refractivity contribution in [3.8, 4) is 0 Å². The maximum atomic E-state index is 11.2. The SMILES string of the molecule is CCCc1cc(CCC)c2cc(S(=O)(=O)[O-])ccc2c1.[Na+]. The molecule has 2 aromatic carbocycles. The maximum absolute atomic E-state index is 11.2. The molecule has 0 heterocycles. The Morgan fingerprint density at radius 1 is 1.00 bits per heavy atom. The molecule has 0 amide bonds. The fraction of sp³-hybridized carbons (Fsp3) is 0.375. The van der Waals surface area contributed by atoms with Gasteiger partial charge in [-0.15, -0.1) is 0 Å². The number of hydrogen-bond donors (Lipinski definition) is 0.